The molecule has 2 aliphatic heterocycles. The second-order valence-electron chi connectivity index (χ2n) is 8.44. The summed E-state index contributed by atoms with van der Waals surface area (Å²) >= 11 is 0. The molecule has 3 heterocycles. The SMILES string of the molecule is O=C(C[C@H]1CC[C@@H]2[C@H](COC[C@H](O)CN2C(=O)c2ccncc2)O1)NCc1cccc(F)c1. The average molecular weight is 458 g/mol. The number of carbonyl (C=O) groups excluding carboxylic acids is 2. The van der Waals surface area contributed by atoms with E-state index in [2.05, 4.69) is 10.3 Å². The van der Waals surface area contributed by atoms with Gasteiger partial charge in [-0.2, -0.15) is 0 Å². The molecule has 2 saturated heterocycles. The molecule has 0 unspecified atom stereocenters. The Morgan fingerprint density at radius 2 is 2.00 bits per heavy atom. The molecule has 2 fully saturated rings. The summed E-state index contributed by atoms with van der Waals surface area (Å²) in [5.74, 6) is -0.721. The highest BCUT2D eigenvalue weighted by molar-refractivity contribution is 5.94. The van der Waals surface area contributed by atoms with Gasteiger partial charge in [0.05, 0.1) is 37.9 Å². The number of nitrogens with zero attached hydrogens (tertiary/aromatic N) is 2. The number of halogens is 1. The van der Waals surface area contributed by atoms with Gasteiger partial charge in [0, 0.05) is 31.0 Å². The first-order valence-electron chi connectivity index (χ1n) is 11.1. The van der Waals surface area contributed by atoms with Gasteiger partial charge in [-0.25, -0.2) is 4.39 Å². The number of aliphatic hydroxyl groups excluding tert-OH is 1. The number of pyridine rings is 1. The first-order valence-corrected chi connectivity index (χ1v) is 11.1. The van der Waals surface area contributed by atoms with E-state index in [0.29, 0.717) is 24.0 Å². The topological polar surface area (TPSA) is 101 Å². The molecule has 2 amide bonds. The minimum Gasteiger partial charge on any atom is -0.389 e. The molecule has 33 heavy (non-hydrogen) atoms. The van der Waals surface area contributed by atoms with Crippen molar-refractivity contribution in [3.05, 3.63) is 65.7 Å². The van der Waals surface area contributed by atoms with Crippen LogP contribution >= 0.6 is 0 Å². The third kappa shape index (κ3) is 6.13. The quantitative estimate of drug-likeness (QED) is 0.709. The Morgan fingerprint density at radius 3 is 2.79 bits per heavy atom. The number of amides is 2. The highest BCUT2D eigenvalue weighted by atomic mass is 19.1. The summed E-state index contributed by atoms with van der Waals surface area (Å²) in [7, 11) is 0. The second-order valence-corrected chi connectivity index (χ2v) is 8.44. The minimum absolute atomic E-state index is 0.103. The lowest BCUT2D eigenvalue weighted by Crippen LogP contribution is -2.57. The van der Waals surface area contributed by atoms with Crippen molar-refractivity contribution in [1.29, 1.82) is 0 Å². The summed E-state index contributed by atoms with van der Waals surface area (Å²) in [4.78, 5) is 31.2. The van der Waals surface area contributed by atoms with Gasteiger partial charge in [-0.05, 0) is 42.7 Å². The number of nitrogens with one attached hydrogen (secondary N) is 1. The summed E-state index contributed by atoms with van der Waals surface area (Å²) in [6, 6.07) is 9.12. The Balaban J connectivity index is 1.37. The summed E-state index contributed by atoms with van der Waals surface area (Å²) in [6.45, 7) is 0.712. The highest BCUT2D eigenvalue weighted by Gasteiger charge is 2.40. The first kappa shape index (κ1) is 23.3. The molecule has 4 atom stereocenters. The Bertz CT molecular complexity index is 960. The lowest BCUT2D eigenvalue weighted by Gasteiger charge is -2.44. The van der Waals surface area contributed by atoms with Gasteiger partial charge < -0.3 is 24.8 Å². The molecule has 1 aromatic carbocycles. The number of hydrogen-bond donors (Lipinski definition) is 2. The van der Waals surface area contributed by atoms with Crippen molar-refractivity contribution in [2.75, 3.05) is 19.8 Å². The van der Waals surface area contributed by atoms with Crippen LogP contribution in [0, 0.1) is 5.82 Å². The van der Waals surface area contributed by atoms with Crippen LogP contribution in [0.4, 0.5) is 4.39 Å². The molecule has 0 aliphatic carbocycles. The molecule has 1 aromatic heterocycles. The maximum absolute atomic E-state index is 13.3. The number of ether oxygens (including phenoxy) is 2. The van der Waals surface area contributed by atoms with Gasteiger partial charge in [0.1, 0.15) is 11.9 Å². The van der Waals surface area contributed by atoms with Gasteiger partial charge >= 0.3 is 0 Å². The average Bonchev–Trinajstić information content (AvgIpc) is 2.81. The van der Waals surface area contributed by atoms with Crippen molar-refractivity contribution in [1.82, 2.24) is 15.2 Å². The summed E-state index contributed by atoms with van der Waals surface area (Å²) < 4.78 is 25.1. The molecule has 0 bridgehead atoms. The van der Waals surface area contributed by atoms with E-state index in [0.717, 1.165) is 0 Å². The van der Waals surface area contributed by atoms with Crippen molar-refractivity contribution in [2.45, 2.75) is 50.2 Å². The molecular formula is C24H28FN3O5. The molecule has 2 aromatic rings. The summed E-state index contributed by atoms with van der Waals surface area (Å²) in [6.07, 6.45) is 2.99. The fraction of sp³-hybridized carbons (Fsp3) is 0.458. The van der Waals surface area contributed by atoms with Gasteiger partial charge in [-0.15, -0.1) is 0 Å². The van der Waals surface area contributed by atoms with E-state index >= 15 is 0 Å². The molecule has 176 valence electrons. The summed E-state index contributed by atoms with van der Waals surface area (Å²) in [5, 5.41) is 13.1. The standard InChI is InChI=1S/C24H28FN3O5/c25-18-3-1-2-16(10-18)12-27-23(30)11-20-4-5-21-22(33-20)15-32-14-19(29)13-28(21)24(31)17-6-8-26-9-7-17/h1-3,6-10,19-22,29H,4-5,11-15H2,(H,27,30)/t19-,20-,21-,22+/m1/s1. The number of aromatic nitrogens is 1. The van der Waals surface area contributed by atoms with Gasteiger partial charge in [0.2, 0.25) is 5.91 Å². The molecule has 2 aliphatic rings. The van der Waals surface area contributed by atoms with E-state index in [4.69, 9.17) is 9.47 Å². The molecule has 0 radical (unpaired) electrons. The van der Waals surface area contributed by atoms with Crippen LogP contribution in [0.1, 0.15) is 35.2 Å². The van der Waals surface area contributed by atoms with Gasteiger partial charge in [-0.3, -0.25) is 14.6 Å². The largest absolute Gasteiger partial charge is 0.389 e. The monoisotopic (exact) mass is 457 g/mol. The molecule has 8 nitrogen and oxygen atoms in total. The van der Waals surface area contributed by atoms with Crippen LogP contribution in [0.3, 0.4) is 0 Å². The molecule has 2 N–H and O–H groups in total. The van der Waals surface area contributed by atoms with Crippen molar-refractivity contribution >= 4 is 11.8 Å². The van der Waals surface area contributed by atoms with Crippen LogP contribution in [0.5, 0.6) is 0 Å². The van der Waals surface area contributed by atoms with E-state index in [1.807, 2.05) is 0 Å². The lowest BCUT2D eigenvalue weighted by atomic mass is 9.94. The van der Waals surface area contributed by atoms with Crippen molar-refractivity contribution in [2.24, 2.45) is 0 Å². The fourth-order valence-electron chi connectivity index (χ4n) is 4.36. The number of rotatable bonds is 5. The normalized spacial score (nSPS) is 25.5. The minimum atomic E-state index is -0.789. The number of carbonyl (C=O) groups is 2. The van der Waals surface area contributed by atoms with Gasteiger partial charge in [-0.1, -0.05) is 12.1 Å². The Morgan fingerprint density at radius 1 is 1.18 bits per heavy atom. The Hall–Kier alpha value is -2.88. The fourth-order valence-corrected chi connectivity index (χ4v) is 4.36. The van der Waals surface area contributed by atoms with Crippen molar-refractivity contribution in [3.63, 3.8) is 0 Å². The third-order valence-corrected chi connectivity index (χ3v) is 5.96. The zero-order valence-corrected chi connectivity index (χ0v) is 18.2. The number of benzene rings is 1. The maximum Gasteiger partial charge on any atom is 0.254 e. The van der Waals surface area contributed by atoms with E-state index in [9.17, 15) is 19.1 Å². The van der Waals surface area contributed by atoms with E-state index < -0.39 is 12.2 Å². The van der Waals surface area contributed by atoms with Crippen LogP contribution < -0.4 is 5.32 Å². The number of aliphatic hydroxyl groups is 1. The van der Waals surface area contributed by atoms with E-state index in [1.54, 1.807) is 41.6 Å². The van der Waals surface area contributed by atoms with Crippen LogP contribution in [0.15, 0.2) is 48.8 Å². The number of β-amino-alcohol motifs (C(OH)–C–C–N with tert-alkyl or cyclic N) is 1. The van der Waals surface area contributed by atoms with Crippen LogP contribution in [0.25, 0.3) is 0 Å². The van der Waals surface area contributed by atoms with E-state index in [1.165, 1.54) is 12.1 Å². The van der Waals surface area contributed by atoms with Crippen LogP contribution in [-0.4, -0.2) is 70.9 Å². The third-order valence-electron chi connectivity index (χ3n) is 5.96. The zero-order chi connectivity index (χ0) is 23.2. The molecule has 4 rings (SSSR count). The molecule has 0 saturated carbocycles. The van der Waals surface area contributed by atoms with Crippen LogP contribution in [-0.2, 0) is 20.8 Å². The second kappa shape index (κ2) is 10.8. The lowest BCUT2D eigenvalue weighted by molar-refractivity contribution is -0.151. The van der Waals surface area contributed by atoms with Crippen molar-refractivity contribution < 1.29 is 28.6 Å². The predicted octanol–water partition coefficient (Wildman–Crippen LogP) is 1.68. The van der Waals surface area contributed by atoms with Crippen molar-refractivity contribution in [3.8, 4) is 0 Å². The molecule has 0 spiro atoms. The molecular weight excluding hydrogens is 429 g/mol. The zero-order valence-electron chi connectivity index (χ0n) is 18.2. The van der Waals surface area contributed by atoms with Gasteiger partial charge in [0.25, 0.3) is 5.91 Å². The van der Waals surface area contributed by atoms with Gasteiger partial charge in [0.15, 0.2) is 0 Å². The maximum atomic E-state index is 13.3. The smallest absolute Gasteiger partial charge is 0.254 e. The van der Waals surface area contributed by atoms with E-state index in [-0.39, 0.29) is 62.5 Å². The Kier molecular flexibility index (Phi) is 7.64. The molecule has 9 heteroatoms. The first-order chi connectivity index (χ1) is 16.0. The number of hydrogen-bond acceptors (Lipinski definition) is 6. The predicted molar refractivity (Wildman–Crippen MR) is 117 cm³/mol. The highest BCUT2D eigenvalue weighted by Crippen LogP contribution is 2.28. The number of fused-ring (bicyclic) bond motifs is 1. The Labute approximate surface area is 191 Å². The summed E-state index contributed by atoms with van der Waals surface area (Å²) in [5.41, 5.74) is 1.18. The van der Waals surface area contributed by atoms with Crippen LogP contribution in [0.2, 0.25) is 0 Å².